The van der Waals surface area contributed by atoms with Crippen molar-refractivity contribution in [3.8, 4) is 0 Å². The molecule has 0 bridgehead atoms. The van der Waals surface area contributed by atoms with E-state index < -0.39 is 0 Å². The average molecular weight is 247 g/mol. The molecule has 18 heavy (non-hydrogen) atoms. The highest BCUT2D eigenvalue weighted by Gasteiger charge is 2.02. The summed E-state index contributed by atoms with van der Waals surface area (Å²) < 4.78 is 15.2. The number of aromatic nitrogens is 2. The Morgan fingerprint density at radius 1 is 1.39 bits per heavy atom. The second-order valence-electron chi connectivity index (χ2n) is 4.24. The number of halogens is 1. The number of rotatable bonds is 6. The number of aryl methyl sites for hydroxylation is 2. The van der Waals surface area contributed by atoms with Crippen molar-refractivity contribution >= 4 is 0 Å². The van der Waals surface area contributed by atoms with Gasteiger partial charge in [-0.05, 0) is 30.7 Å². The molecule has 1 aromatic carbocycles. The summed E-state index contributed by atoms with van der Waals surface area (Å²) in [6.07, 6.45) is 4.51. The molecule has 0 aliphatic carbocycles. The summed E-state index contributed by atoms with van der Waals surface area (Å²) in [5.74, 6) is -0.175. The van der Waals surface area contributed by atoms with E-state index in [2.05, 4.69) is 21.8 Å². The topological polar surface area (TPSA) is 29.9 Å². The van der Waals surface area contributed by atoms with Crippen LogP contribution in [0.1, 0.15) is 18.2 Å². The first kappa shape index (κ1) is 12.8. The Bertz CT molecular complexity index is 493. The maximum atomic E-state index is 13.0. The van der Waals surface area contributed by atoms with Gasteiger partial charge in [0.05, 0.1) is 12.0 Å². The minimum atomic E-state index is -0.175. The molecule has 0 saturated carbocycles. The average Bonchev–Trinajstić information content (AvgIpc) is 2.81. The number of hydrogen-bond donors (Lipinski definition) is 1. The number of benzene rings is 1. The van der Waals surface area contributed by atoms with Gasteiger partial charge in [0.2, 0.25) is 0 Å². The fourth-order valence-corrected chi connectivity index (χ4v) is 1.89. The van der Waals surface area contributed by atoms with Gasteiger partial charge in [-0.2, -0.15) is 0 Å². The maximum absolute atomic E-state index is 13.0. The number of imidazole rings is 1. The summed E-state index contributed by atoms with van der Waals surface area (Å²) in [4.78, 5) is 4.15. The van der Waals surface area contributed by atoms with Gasteiger partial charge in [-0.3, -0.25) is 0 Å². The molecule has 0 aliphatic rings. The zero-order chi connectivity index (χ0) is 12.8. The van der Waals surface area contributed by atoms with E-state index in [4.69, 9.17) is 0 Å². The van der Waals surface area contributed by atoms with Crippen LogP contribution in [0.3, 0.4) is 0 Å². The van der Waals surface area contributed by atoms with E-state index in [1.165, 1.54) is 6.07 Å². The van der Waals surface area contributed by atoms with Gasteiger partial charge < -0.3 is 9.88 Å². The molecule has 0 fully saturated rings. The molecule has 96 valence electrons. The molecule has 0 spiro atoms. The third-order valence-electron chi connectivity index (χ3n) is 2.89. The Morgan fingerprint density at radius 2 is 2.28 bits per heavy atom. The smallest absolute Gasteiger partial charge is 0.123 e. The highest BCUT2D eigenvalue weighted by Crippen LogP contribution is 2.07. The third-order valence-corrected chi connectivity index (χ3v) is 2.89. The monoisotopic (exact) mass is 247 g/mol. The molecule has 0 radical (unpaired) electrons. The van der Waals surface area contributed by atoms with Crippen LogP contribution in [0.5, 0.6) is 0 Å². The van der Waals surface area contributed by atoms with Gasteiger partial charge >= 0.3 is 0 Å². The van der Waals surface area contributed by atoms with Crippen molar-refractivity contribution < 1.29 is 4.39 Å². The molecule has 0 atom stereocenters. The van der Waals surface area contributed by atoms with Gasteiger partial charge in [0, 0.05) is 19.3 Å². The van der Waals surface area contributed by atoms with Crippen LogP contribution in [0.15, 0.2) is 36.8 Å². The molecule has 0 unspecified atom stereocenters. The minimum Gasteiger partial charge on any atom is -0.333 e. The van der Waals surface area contributed by atoms with Crippen molar-refractivity contribution in [2.24, 2.45) is 0 Å². The molecule has 4 heteroatoms. The van der Waals surface area contributed by atoms with Gasteiger partial charge in [-0.25, -0.2) is 9.37 Å². The molecular formula is C14H18FN3. The van der Waals surface area contributed by atoms with Crippen LogP contribution in [0.25, 0.3) is 0 Å². The van der Waals surface area contributed by atoms with Crippen molar-refractivity contribution in [3.63, 3.8) is 0 Å². The summed E-state index contributed by atoms with van der Waals surface area (Å²) in [5.41, 5.74) is 2.17. The zero-order valence-corrected chi connectivity index (χ0v) is 10.6. The molecular weight excluding hydrogens is 229 g/mol. The Morgan fingerprint density at radius 3 is 3.06 bits per heavy atom. The molecule has 2 rings (SSSR count). The molecule has 0 amide bonds. The lowest BCUT2D eigenvalue weighted by molar-refractivity contribution is 0.608. The van der Waals surface area contributed by atoms with E-state index in [1.54, 1.807) is 12.1 Å². The normalized spacial score (nSPS) is 10.8. The summed E-state index contributed by atoms with van der Waals surface area (Å²) in [6, 6.07) is 6.75. The van der Waals surface area contributed by atoms with E-state index in [9.17, 15) is 4.39 Å². The van der Waals surface area contributed by atoms with E-state index in [0.717, 1.165) is 37.3 Å². The van der Waals surface area contributed by atoms with Crippen LogP contribution in [0, 0.1) is 5.82 Å². The van der Waals surface area contributed by atoms with Crippen LogP contribution < -0.4 is 5.32 Å². The highest BCUT2D eigenvalue weighted by atomic mass is 19.1. The van der Waals surface area contributed by atoms with Crippen LogP contribution in [0.2, 0.25) is 0 Å². The van der Waals surface area contributed by atoms with Crippen molar-refractivity contribution in [2.45, 2.75) is 26.4 Å². The third kappa shape index (κ3) is 3.40. The van der Waals surface area contributed by atoms with Crippen LogP contribution in [0.4, 0.5) is 4.39 Å². The van der Waals surface area contributed by atoms with Crippen molar-refractivity contribution in [3.05, 3.63) is 53.9 Å². The fourth-order valence-electron chi connectivity index (χ4n) is 1.89. The molecule has 3 nitrogen and oxygen atoms in total. The first-order chi connectivity index (χ1) is 8.79. The summed E-state index contributed by atoms with van der Waals surface area (Å²) >= 11 is 0. The van der Waals surface area contributed by atoms with Crippen molar-refractivity contribution in [1.29, 1.82) is 0 Å². The fraction of sp³-hybridized carbons (Fsp3) is 0.357. The predicted octanol–water partition coefficient (Wildman–Crippen LogP) is 2.37. The first-order valence-corrected chi connectivity index (χ1v) is 6.23. The number of nitrogens with zero attached hydrogens (tertiary/aromatic N) is 2. The van der Waals surface area contributed by atoms with E-state index in [-0.39, 0.29) is 5.82 Å². The lowest BCUT2D eigenvalue weighted by Crippen LogP contribution is -2.15. The van der Waals surface area contributed by atoms with E-state index >= 15 is 0 Å². The van der Waals surface area contributed by atoms with Crippen molar-refractivity contribution in [1.82, 2.24) is 14.9 Å². The second kappa shape index (κ2) is 6.31. The van der Waals surface area contributed by atoms with E-state index in [1.807, 2.05) is 18.6 Å². The Kier molecular flexibility index (Phi) is 4.47. The SMILES string of the molecule is CCNCc1cncn1CCc1cccc(F)c1. The Balaban J connectivity index is 1.95. The summed E-state index contributed by atoms with van der Waals surface area (Å²) in [6.45, 7) is 4.66. The molecule has 0 aliphatic heterocycles. The van der Waals surface area contributed by atoms with Crippen LogP contribution in [-0.2, 0) is 19.5 Å². The Hall–Kier alpha value is -1.68. The highest BCUT2D eigenvalue weighted by molar-refractivity contribution is 5.16. The lowest BCUT2D eigenvalue weighted by Gasteiger charge is -2.08. The van der Waals surface area contributed by atoms with Gasteiger partial charge in [0.15, 0.2) is 0 Å². The van der Waals surface area contributed by atoms with Gasteiger partial charge in [-0.15, -0.1) is 0 Å². The Labute approximate surface area is 107 Å². The number of hydrogen-bond acceptors (Lipinski definition) is 2. The van der Waals surface area contributed by atoms with Gasteiger partial charge in [0.25, 0.3) is 0 Å². The first-order valence-electron chi connectivity index (χ1n) is 6.23. The summed E-state index contributed by atoms with van der Waals surface area (Å²) in [7, 11) is 0. The minimum absolute atomic E-state index is 0.175. The zero-order valence-electron chi connectivity index (χ0n) is 10.6. The van der Waals surface area contributed by atoms with E-state index in [0.29, 0.717) is 0 Å². The summed E-state index contributed by atoms with van der Waals surface area (Å²) in [5, 5.41) is 3.28. The predicted molar refractivity (Wildman–Crippen MR) is 69.7 cm³/mol. The molecule has 1 aromatic heterocycles. The van der Waals surface area contributed by atoms with Gasteiger partial charge in [0.1, 0.15) is 5.82 Å². The largest absolute Gasteiger partial charge is 0.333 e. The molecule has 1 heterocycles. The molecule has 0 saturated heterocycles. The van der Waals surface area contributed by atoms with Crippen LogP contribution in [-0.4, -0.2) is 16.1 Å². The lowest BCUT2D eigenvalue weighted by atomic mass is 10.1. The number of nitrogens with one attached hydrogen (secondary N) is 1. The van der Waals surface area contributed by atoms with Crippen LogP contribution >= 0.6 is 0 Å². The molecule has 1 N–H and O–H groups in total. The van der Waals surface area contributed by atoms with Crippen molar-refractivity contribution in [2.75, 3.05) is 6.54 Å². The van der Waals surface area contributed by atoms with Gasteiger partial charge in [-0.1, -0.05) is 19.1 Å². The maximum Gasteiger partial charge on any atom is 0.123 e. The standard InChI is InChI=1S/C14H18FN3/c1-2-16-9-14-10-17-11-18(14)7-6-12-4-3-5-13(15)8-12/h3-5,8,10-11,16H,2,6-7,9H2,1H3. The quantitative estimate of drug-likeness (QED) is 0.849. The second-order valence-corrected chi connectivity index (χ2v) is 4.24. The molecule has 2 aromatic rings.